The molecule has 3 rings (SSSR count). The number of hydrogen-bond donors (Lipinski definition) is 2. The van der Waals surface area contributed by atoms with Crippen LogP contribution in [0.25, 0.3) is 11.7 Å². The Hall–Kier alpha value is -3.53. The third-order valence-corrected chi connectivity index (χ3v) is 5.15. The van der Waals surface area contributed by atoms with Gasteiger partial charge in [0.2, 0.25) is 5.88 Å². The zero-order valence-electron chi connectivity index (χ0n) is 19.3. The molecular weight excluding hydrogens is 444 g/mol. The summed E-state index contributed by atoms with van der Waals surface area (Å²) < 4.78 is 6.33. The van der Waals surface area contributed by atoms with Gasteiger partial charge in [-0.25, -0.2) is 9.78 Å². The number of anilines is 1. The molecule has 0 spiro atoms. The Bertz CT molecular complexity index is 1310. The number of thiazole rings is 1. The number of aromatic nitrogens is 3. The van der Waals surface area contributed by atoms with Crippen molar-refractivity contribution in [3.05, 3.63) is 57.0 Å². The molecule has 0 aliphatic rings. The number of aromatic hydroxyl groups is 1. The van der Waals surface area contributed by atoms with E-state index in [0.29, 0.717) is 5.13 Å². The van der Waals surface area contributed by atoms with E-state index < -0.39 is 28.9 Å². The largest absolute Gasteiger partial charge is 0.493 e. The van der Waals surface area contributed by atoms with E-state index in [1.165, 1.54) is 34.1 Å². The van der Waals surface area contributed by atoms with Crippen molar-refractivity contribution in [3.8, 4) is 5.88 Å². The lowest BCUT2D eigenvalue weighted by atomic mass is 9.93. The Balaban J connectivity index is 1.86. The number of hydrogen-bond acceptors (Lipinski definition) is 8. The fourth-order valence-electron chi connectivity index (χ4n) is 2.76. The predicted molar refractivity (Wildman–Crippen MR) is 127 cm³/mol. The van der Waals surface area contributed by atoms with Gasteiger partial charge in [0.25, 0.3) is 11.5 Å². The first-order valence-corrected chi connectivity index (χ1v) is 11.1. The van der Waals surface area contributed by atoms with Crippen LogP contribution in [0.4, 0.5) is 5.13 Å². The number of nitrogens with one attached hydrogen (secondary N) is 1. The maximum atomic E-state index is 12.8. The van der Waals surface area contributed by atoms with Crippen molar-refractivity contribution in [1.29, 1.82) is 0 Å². The molecule has 174 valence electrons. The van der Waals surface area contributed by atoms with E-state index in [-0.39, 0.29) is 22.2 Å². The van der Waals surface area contributed by atoms with Gasteiger partial charge < -0.3 is 9.84 Å². The topological polar surface area (TPSA) is 123 Å². The zero-order valence-corrected chi connectivity index (χ0v) is 20.1. The summed E-state index contributed by atoms with van der Waals surface area (Å²) in [6.07, 6.45) is 3.59. The highest BCUT2D eigenvalue weighted by Gasteiger charge is 2.19. The number of amides is 1. The number of pyridine rings is 1. The van der Waals surface area contributed by atoms with Gasteiger partial charge in [0.1, 0.15) is 16.8 Å². The summed E-state index contributed by atoms with van der Waals surface area (Å²) in [6.45, 7) is 11.2. The van der Waals surface area contributed by atoms with Crippen molar-refractivity contribution in [2.45, 2.75) is 52.6 Å². The van der Waals surface area contributed by atoms with Crippen molar-refractivity contribution in [1.82, 2.24) is 14.4 Å². The molecule has 0 bridgehead atoms. The molecule has 0 unspecified atom stereocenters. The predicted octanol–water partition coefficient (Wildman–Crippen LogP) is 3.76. The first-order valence-electron chi connectivity index (χ1n) is 10.2. The van der Waals surface area contributed by atoms with Crippen LogP contribution in [0.15, 0.2) is 34.6 Å². The van der Waals surface area contributed by atoms with Crippen LogP contribution in [0.5, 0.6) is 5.88 Å². The van der Waals surface area contributed by atoms with E-state index in [4.69, 9.17) is 4.74 Å². The second kappa shape index (κ2) is 8.78. The molecule has 9 nitrogen and oxygen atoms in total. The summed E-state index contributed by atoms with van der Waals surface area (Å²) in [5.41, 5.74) is -0.413. The molecule has 0 aromatic carbocycles. The van der Waals surface area contributed by atoms with Crippen molar-refractivity contribution >= 4 is 40.1 Å². The van der Waals surface area contributed by atoms with Gasteiger partial charge in [0.05, 0.1) is 5.69 Å². The summed E-state index contributed by atoms with van der Waals surface area (Å²) in [7, 11) is 0. The van der Waals surface area contributed by atoms with Crippen LogP contribution < -0.4 is 10.9 Å². The molecule has 1 amide bonds. The van der Waals surface area contributed by atoms with Crippen LogP contribution in [-0.2, 0) is 14.9 Å². The maximum absolute atomic E-state index is 12.8. The van der Waals surface area contributed by atoms with Crippen LogP contribution in [0.1, 0.15) is 63.2 Å². The minimum Gasteiger partial charge on any atom is -0.493 e. The third kappa shape index (κ3) is 5.83. The summed E-state index contributed by atoms with van der Waals surface area (Å²) in [5.74, 6) is -1.64. The molecule has 33 heavy (non-hydrogen) atoms. The van der Waals surface area contributed by atoms with Crippen LogP contribution in [-0.4, -0.2) is 37.0 Å². The average molecular weight is 471 g/mol. The molecule has 3 aromatic rings. The molecular formula is C23H26N4O5S. The summed E-state index contributed by atoms with van der Waals surface area (Å²) in [5, 5.41) is 15.3. The van der Waals surface area contributed by atoms with E-state index in [9.17, 15) is 19.5 Å². The minimum atomic E-state index is -0.690. The number of fused-ring (bicyclic) bond motifs is 1. The van der Waals surface area contributed by atoms with Gasteiger partial charge in [-0.15, -0.1) is 11.3 Å². The molecule has 10 heteroatoms. The van der Waals surface area contributed by atoms with Gasteiger partial charge >= 0.3 is 5.97 Å². The van der Waals surface area contributed by atoms with Gasteiger partial charge in [-0.05, 0) is 39.0 Å². The molecule has 0 aliphatic heterocycles. The lowest BCUT2D eigenvalue weighted by molar-refractivity contribution is -0.148. The smallest absolute Gasteiger partial charge is 0.331 e. The van der Waals surface area contributed by atoms with Crippen molar-refractivity contribution in [3.63, 3.8) is 0 Å². The molecule has 0 saturated carbocycles. The molecule has 0 aliphatic carbocycles. The van der Waals surface area contributed by atoms with Gasteiger partial charge in [0.15, 0.2) is 5.13 Å². The normalized spacial score (nSPS) is 12.3. The number of nitrogens with zero attached hydrogens (tertiary/aromatic N) is 3. The molecule has 0 fully saturated rings. The van der Waals surface area contributed by atoms with Crippen molar-refractivity contribution in [2.75, 3.05) is 5.32 Å². The number of carbonyl (C=O) groups excluding carboxylic acids is 2. The standard InChI is InChI=1S/C23H26N4O5S/c1-22(2,3)15-12-33-21(24-15)26-18(29)13-9-10-27-16(11-13)25-19(30)14(20(27)31)7-8-17(28)32-23(4,5)6/h7-12,30H,1-6H3,(H,24,26,29). The average Bonchev–Trinajstić information content (AvgIpc) is 3.15. The Morgan fingerprint density at radius 1 is 1.18 bits per heavy atom. The molecule has 0 atom stereocenters. The van der Waals surface area contributed by atoms with Crippen LogP contribution in [0.2, 0.25) is 0 Å². The Kier molecular flexibility index (Phi) is 6.42. The fourth-order valence-corrected chi connectivity index (χ4v) is 3.69. The van der Waals surface area contributed by atoms with E-state index >= 15 is 0 Å². The molecule has 0 saturated heterocycles. The number of esters is 1. The highest BCUT2D eigenvalue weighted by Crippen LogP contribution is 2.26. The van der Waals surface area contributed by atoms with Crippen molar-refractivity contribution in [2.24, 2.45) is 0 Å². The lowest BCUT2D eigenvalue weighted by Gasteiger charge is -2.17. The monoisotopic (exact) mass is 470 g/mol. The highest BCUT2D eigenvalue weighted by molar-refractivity contribution is 7.14. The Morgan fingerprint density at radius 3 is 2.48 bits per heavy atom. The summed E-state index contributed by atoms with van der Waals surface area (Å²) >= 11 is 1.32. The second-order valence-electron chi connectivity index (χ2n) is 9.41. The van der Waals surface area contributed by atoms with E-state index in [1.807, 2.05) is 26.2 Å². The van der Waals surface area contributed by atoms with Gasteiger partial charge in [-0.2, -0.15) is 4.98 Å². The van der Waals surface area contributed by atoms with Gasteiger partial charge in [-0.1, -0.05) is 20.8 Å². The van der Waals surface area contributed by atoms with E-state index in [0.717, 1.165) is 17.8 Å². The van der Waals surface area contributed by atoms with E-state index in [2.05, 4.69) is 15.3 Å². The van der Waals surface area contributed by atoms with Crippen LogP contribution in [0, 0.1) is 0 Å². The summed E-state index contributed by atoms with van der Waals surface area (Å²) in [6, 6.07) is 2.85. The molecule has 3 heterocycles. The minimum absolute atomic E-state index is 0.0779. The number of ether oxygens (including phenoxy) is 1. The Morgan fingerprint density at radius 2 is 1.88 bits per heavy atom. The van der Waals surface area contributed by atoms with E-state index in [1.54, 1.807) is 20.8 Å². The number of rotatable bonds is 4. The van der Waals surface area contributed by atoms with Gasteiger partial charge in [-0.3, -0.25) is 19.3 Å². The van der Waals surface area contributed by atoms with Crippen LogP contribution in [0.3, 0.4) is 0 Å². The molecule has 3 aromatic heterocycles. The molecule has 0 radical (unpaired) electrons. The Labute approximate surface area is 194 Å². The fraction of sp³-hybridized carbons (Fsp3) is 0.348. The SMILES string of the molecule is CC(C)(C)OC(=O)C=Cc1c(O)nc2cc(C(=O)Nc3nc(C(C)(C)C)cs3)ccn2c1=O. The lowest BCUT2D eigenvalue weighted by Crippen LogP contribution is -2.23. The molecule has 2 N–H and O–H groups in total. The quantitative estimate of drug-likeness (QED) is 0.440. The first-order chi connectivity index (χ1) is 15.2. The first kappa shape index (κ1) is 24.1. The highest BCUT2D eigenvalue weighted by atomic mass is 32.1. The van der Waals surface area contributed by atoms with Crippen molar-refractivity contribution < 1.29 is 19.4 Å². The second-order valence-corrected chi connectivity index (χ2v) is 10.3. The van der Waals surface area contributed by atoms with Crippen LogP contribution >= 0.6 is 11.3 Å². The number of carbonyl (C=O) groups is 2. The third-order valence-electron chi connectivity index (χ3n) is 4.39. The van der Waals surface area contributed by atoms with Gasteiger partial charge in [0, 0.05) is 28.6 Å². The maximum Gasteiger partial charge on any atom is 0.331 e. The zero-order chi connectivity index (χ0) is 24.6. The summed E-state index contributed by atoms with van der Waals surface area (Å²) in [4.78, 5) is 45.7.